The van der Waals surface area contributed by atoms with Crippen LogP contribution in [-0.2, 0) is 0 Å². The Balaban J connectivity index is 1.56. The number of fused-ring (bicyclic) bond motifs is 8. The standard InChI is InChI=1S/C76H86N12S8/c1-45(2)25-33-89-69-65(70(78-41-77-69)90-34-26-46(3)4)61-53-17-19-55(85-53)62(66-71(91-35-27-47(5)6)79-42-80-72(66)92-36-28-48(7)8)57-21-23-59(87-57)64(68-75(95-39-31-51(13)14)83-44-84-76(68)96-40-32-52(15)16)60-24-22-58(88-60)63(56-20-18-54(61)86-56)67-73(93-37-29-49(9)10)81-43-82-74(67)94-38-30-50(11)12/h17-32,41-44,85,88H,33-40H2,1-16H3. The molecule has 0 aliphatic carbocycles. The Hall–Kier alpha value is -6.36. The highest BCUT2D eigenvalue weighted by Crippen LogP contribution is 2.48. The number of aromatic nitrogens is 12. The summed E-state index contributed by atoms with van der Waals surface area (Å²) in [6.07, 6.45) is 33.5. The molecule has 0 fully saturated rings. The lowest BCUT2D eigenvalue weighted by Gasteiger charge is -2.15. The van der Waals surface area contributed by atoms with E-state index in [-0.39, 0.29) is 0 Å². The summed E-state index contributed by atoms with van der Waals surface area (Å²) in [5, 5.41) is 6.79. The van der Waals surface area contributed by atoms with Crippen molar-refractivity contribution in [3.63, 3.8) is 0 Å². The third-order valence-electron chi connectivity index (χ3n) is 14.6. The molecule has 2 aliphatic rings. The minimum atomic E-state index is 0.714. The number of hydrogen-bond donors (Lipinski definition) is 2. The third kappa shape index (κ3) is 19.9. The number of nitrogens with one attached hydrogen (secondary N) is 2. The summed E-state index contributed by atoms with van der Waals surface area (Å²) in [5.74, 6) is 5.71. The van der Waals surface area contributed by atoms with Gasteiger partial charge in [-0.25, -0.2) is 49.8 Å². The maximum absolute atomic E-state index is 5.92. The molecule has 9 rings (SSSR count). The van der Waals surface area contributed by atoms with Gasteiger partial charge < -0.3 is 9.97 Å². The third-order valence-corrected chi connectivity index (χ3v) is 21.9. The molecule has 0 unspecified atom stereocenters. The molecule has 498 valence electrons. The average Bonchev–Trinajstić information content (AvgIpc) is 1.59. The van der Waals surface area contributed by atoms with Crippen LogP contribution in [-0.4, -0.2) is 106 Å². The number of allylic oxidation sites excluding steroid dienone is 8. The van der Waals surface area contributed by atoms with Gasteiger partial charge in [-0.3, -0.25) is 0 Å². The lowest BCUT2D eigenvalue weighted by atomic mass is 10.1. The zero-order valence-electron chi connectivity index (χ0n) is 57.9. The van der Waals surface area contributed by atoms with Gasteiger partial charge in [-0.05, 0) is 159 Å². The number of H-pyrrole nitrogens is 2. The molecule has 0 radical (unpaired) electrons. The van der Waals surface area contributed by atoms with Crippen LogP contribution in [0.25, 0.3) is 90.9 Å². The number of thioether (sulfide) groups is 8. The van der Waals surface area contributed by atoms with Crippen LogP contribution in [0.15, 0.2) is 183 Å². The minimum absolute atomic E-state index is 0.714. The first-order chi connectivity index (χ1) is 46.2. The van der Waals surface area contributed by atoms with E-state index < -0.39 is 0 Å². The Morgan fingerprint density at radius 1 is 0.250 bits per heavy atom. The second-order valence-electron chi connectivity index (χ2n) is 24.7. The van der Waals surface area contributed by atoms with E-state index in [0.717, 1.165) is 130 Å². The van der Waals surface area contributed by atoms with Gasteiger partial charge in [0.05, 0.1) is 45.0 Å². The first-order valence-electron chi connectivity index (χ1n) is 31.9. The van der Waals surface area contributed by atoms with Crippen molar-refractivity contribution in [1.82, 2.24) is 59.8 Å². The molecule has 0 aromatic carbocycles. The fourth-order valence-corrected chi connectivity index (χ4v) is 18.3. The van der Waals surface area contributed by atoms with Crippen LogP contribution in [0.4, 0.5) is 0 Å². The van der Waals surface area contributed by atoms with E-state index in [1.165, 1.54) is 44.6 Å². The van der Waals surface area contributed by atoms with Crippen LogP contribution < -0.4 is 0 Å². The van der Waals surface area contributed by atoms with Gasteiger partial charge in [0.15, 0.2) is 0 Å². The maximum atomic E-state index is 5.92. The average molecular weight is 1420 g/mol. The van der Waals surface area contributed by atoms with Crippen molar-refractivity contribution < 1.29 is 0 Å². The summed E-state index contributed by atoms with van der Waals surface area (Å²) in [4.78, 5) is 61.3. The summed E-state index contributed by atoms with van der Waals surface area (Å²) in [6.45, 7) is 34.2. The van der Waals surface area contributed by atoms with E-state index in [1.807, 2.05) is 0 Å². The molecule has 0 spiro atoms. The smallest absolute Gasteiger partial charge is 0.118 e. The zero-order chi connectivity index (χ0) is 68.4. The Kier molecular flexibility index (Phi) is 27.7. The monoisotopic (exact) mass is 1420 g/mol. The molecule has 7 aromatic rings. The second kappa shape index (κ2) is 35.9. The molecule has 8 bridgehead atoms. The van der Waals surface area contributed by atoms with Crippen molar-refractivity contribution in [2.75, 3.05) is 46.0 Å². The molecule has 7 aromatic heterocycles. The van der Waals surface area contributed by atoms with Crippen molar-refractivity contribution in [3.05, 3.63) is 166 Å². The van der Waals surface area contributed by atoms with Crippen LogP contribution in [0.2, 0.25) is 0 Å². The van der Waals surface area contributed by atoms with Crippen molar-refractivity contribution in [2.45, 2.75) is 151 Å². The van der Waals surface area contributed by atoms with Gasteiger partial charge in [0.25, 0.3) is 0 Å². The summed E-state index contributed by atoms with van der Waals surface area (Å²) in [7, 11) is 0. The van der Waals surface area contributed by atoms with Gasteiger partial charge in [0.1, 0.15) is 65.5 Å². The molecule has 0 atom stereocenters. The van der Waals surface area contributed by atoms with Gasteiger partial charge in [0.2, 0.25) is 0 Å². The number of aromatic amines is 2. The lowest BCUT2D eigenvalue weighted by molar-refractivity contribution is 0.970. The van der Waals surface area contributed by atoms with Crippen molar-refractivity contribution in [1.29, 1.82) is 0 Å². The first kappa shape index (κ1) is 73.9. The number of nitrogens with zero attached hydrogens (tertiary/aromatic N) is 10. The Morgan fingerprint density at radius 3 is 0.552 bits per heavy atom. The Morgan fingerprint density at radius 2 is 0.406 bits per heavy atom. The molecule has 12 nitrogen and oxygen atoms in total. The van der Waals surface area contributed by atoms with E-state index in [9.17, 15) is 0 Å². The lowest BCUT2D eigenvalue weighted by Crippen LogP contribution is -1.99. The summed E-state index contributed by atoms with van der Waals surface area (Å²) in [5.41, 5.74) is 23.2. The van der Waals surface area contributed by atoms with E-state index >= 15 is 0 Å². The number of hydrogen-bond acceptors (Lipinski definition) is 18. The highest BCUT2D eigenvalue weighted by molar-refractivity contribution is 8.01. The van der Waals surface area contributed by atoms with Crippen LogP contribution in [0, 0.1) is 0 Å². The fraction of sp³-hybridized carbons (Fsp3) is 0.316. The fourth-order valence-electron chi connectivity index (χ4n) is 9.70. The highest BCUT2D eigenvalue weighted by atomic mass is 32.2. The van der Waals surface area contributed by atoms with Crippen LogP contribution in [0.1, 0.15) is 134 Å². The first-order valence-corrected chi connectivity index (χ1v) is 39.8. The van der Waals surface area contributed by atoms with Crippen LogP contribution in [0.3, 0.4) is 0 Å². The SMILES string of the molecule is CC(C)=CCSc1ncnc(SCC=C(C)C)c1-c1c2nc(c(-c3c(SCC=C(C)C)ncnc3SCC=C(C)C)c3ccc([nH]3)c(-c3c(SCC=C(C)C)ncnc3SCC=C(C)C)c3nc(c(-c4c(SCC=C(C)C)ncnc4SCC=C(C)C)c4ccc1[nH]4)C=C3)C=C2. The Bertz CT molecular complexity index is 3770. The van der Waals surface area contributed by atoms with Crippen molar-refractivity contribution in [2.24, 2.45) is 0 Å². The topological polar surface area (TPSA) is 160 Å². The van der Waals surface area contributed by atoms with Gasteiger partial charge in [0, 0.05) is 90.3 Å². The van der Waals surface area contributed by atoms with E-state index in [4.69, 9.17) is 49.8 Å². The predicted octanol–water partition coefficient (Wildman–Crippen LogP) is 23.0. The summed E-state index contributed by atoms with van der Waals surface area (Å²) in [6, 6.07) is 8.75. The van der Waals surface area contributed by atoms with Gasteiger partial charge in [-0.1, -0.05) is 93.2 Å². The van der Waals surface area contributed by atoms with Crippen molar-refractivity contribution in [3.8, 4) is 44.5 Å². The van der Waals surface area contributed by atoms with Gasteiger partial charge in [-0.15, -0.1) is 94.1 Å². The largest absolute Gasteiger partial charge is 0.354 e. The van der Waals surface area contributed by atoms with Gasteiger partial charge >= 0.3 is 0 Å². The van der Waals surface area contributed by atoms with Crippen LogP contribution in [0.5, 0.6) is 0 Å². The quantitative estimate of drug-likeness (QED) is 0.0270. The van der Waals surface area contributed by atoms with Crippen LogP contribution >= 0.6 is 94.1 Å². The molecule has 96 heavy (non-hydrogen) atoms. The van der Waals surface area contributed by atoms with Crippen molar-refractivity contribution >= 4 is 140 Å². The molecule has 2 N–H and O–H groups in total. The molecule has 0 amide bonds. The van der Waals surface area contributed by atoms with E-state index in [1.54, 1.807) is 119 Å². The highest BCUT2D eigenvalue weighted by Gasteiger charge is 2.29. The molecule has 20 heteroatoms. The van der Waals surface area contributed by atoms with Gasteiger partial charge in [-0.2, -0.15) is 0 Å². The number of rotatable bonds is 28. The summed E-state index contributed by atoms with van der Waals surface area (Å²) < 4.78 is 0. The summed E-state index contributed by atoms with van der Waals surface area (Å²) >= 11 is 13.6. The molecular weight excluding hydrogens is 1340 g/mol. The van der Waals surface area contributed by atoms with E-state index in [2.05, 4.69) is 218 Å². The zero-order valence-corrected chi connectivity index (χ0v) is 64.5. The predicted molar refractivity (Wildman–Crippen MR) is 424 cm³/mol. The molecule has 2 aliphatic heterocycles. The normalized spacial score (nSPS) is 11.5. The molecular formula is C76H86N12S8. The van der Waals surface area contributed by atoms with E-state index in [0.29, 0.717) is 46.0 Å². The maximum Gasteiger partial charge on any atom is 0.118 e. The molecule has 0 saturated carbocycles. The minimum Gasteiger partial charge on any atom is -0.354 e. The molecule has 9 heterocycles. The molecule has 0 saturated heterocycles. The Labute approximate surface area is 602 Å². The second-order valence-corrected chi connectivity index (χ2v) is 32.7.